The third kappa shape index (κ3) is 4.27. The molecule has 0 bridgehead atoms. The van der Waals surface area contributed by atoms with E-state index in [-0.39, 0.29) is 6.61 Å². The Balaban J connectivity index is 1.77. The molecule has 1 atom stereocenters. The number of nitrogens with zero attached hydrogens (tertiary/aromatic N) is 3. The van der Waals surface area contributed by atoms with Gasteiger partial charge in [0.25, 0.3) is 0 Å². The minimum absolute atomic E-state index is 0.168. The van der Waals surface area contributed by atoms with Crippen LogP contribution in [0.5, 0.6) is 0 Å². The fourth-order valence-electron chi connectivity index (χ4n) is 3.13. The van der Waals surface area contributed by atoms with Gasteiger partial charge < -0.3 is 20.4 Å². The summed E-state index contributed by atoms with van der Waals surface area (Å²) in [5.74, 6) is 2.45. The molecule has 2 heterocycles. The third-order valence-electron chi connectivity index (χ3n) is 4.51. The van der Waals surface area contributed by atoms with Gasteiger partial charge in [0.15, 0.2) is 0 Å². The van der Waals surface area contributed by atoms with Crippen LogP contribution in [-0.4, -0.2) is 39.9 Å². The first-order chi connectivity index (χ1) is 12.1. The van der Waals surface area contributed by atoms with Gasteiger partial charge in [0.2, 0.25) is 0 Å². The Bertz CT molecular complexity index is 733. The van der Waals surface area contributed by atoms with Crippen LogP contribution >= 0.6 is 0 Å². The predicted molar refractivity (Wildman–Crippen MR) is 98.8 cm³/mol. The number of benzene rings is 1. The van der Waals surface area contributed by atoms with E-state index < -0.39 is 6.10 Å². The van der Waals surface area contributed by atoms with Gasteiger partial charge in [-0.1, -0.05) is 18.2 Å². The second-order valence-corrected chi connectivity index (χ2v) is 6.54. The summed E-state index contributed by atoms with van der Waals surface area (Å²) in [7, 11) is 0. The maximum Gasteiger partial charge on any atom is 0.134 e. The summed E-state index contributed by atoms with van der Waals surface area (Å²) in [5.41, 5.74) is 3.56. The topological polar surface area (TPSA) is 81.5 Å². The van der Waals surface area contributed by atoms with Crippen LogP contribution in [0.15, 0.2) is 24.3 Å². The fourth-order valence-corrected chi connectivity index (χ4v) is 3.13. The lowest BCUT2D eigenvalue weighted by molar-refractivity contribution is 0.199. The van der Waals surface area contributed by atoms with Crippen molar-refractivity contribution < 1.29 is 10.2 Å². The smallest absolute Gasteiger partial charge is 0.134 e. The SMILES string of the molecule is Cc1nc(NCCCO)cc(N2CCc3cc([C@H](C)O)ccc3C2)n1. The molecule has 0 radical (unpaired) electrons. The Labute approximate surface area is 148 Å². The van der Waals surface area contributed by atoms with Gasteiger partial charge in [-0.15, -0.1) is 0 Å². The first kappa shape index (κ1) is 17.6. The summed E-state index contributed by atoms with van der Waals surface area (Å²) < 4.78 is 0. The highest BCUT2D eigenvalue weighted by atomic mass is 16.3. The standard InChI is InChI=1S/C19H26N4O2/c1-13(25)15-4-5-17-12-23(8-6-16(17)10-15)19-11-18(20-7-3-9-24)21-14(2)22-19/h4-5,10-11,13,24-25H,3,6-9,12H2,1-2H3,(H,20,21,22)/t13-/m0/s1. The molecule has 2 aromatic rings. The van der Waals surface area contributed by atoms with Crippen molar-refractivity contribution in [3.63, 3.8) is 0 Å². The van der Waals surface area contributed by atoms with Gasteiger partial charge in [0, 0.05) is 32.3 Å². The van der Waals surface area contributed by atoms with Crippen LogP contribution < -0.4 is 10.2 Å². The van der Waals surface area contributed by atoms with Crippen LogP contribution in [0, 0.1) is 6.92 Å². The summed E-state index contributed by atoms with van der Waals surface area (Å²) in [5, 5.41) is 21.9. The van der Waals surface area contributed by atoms with E-state index in [1.165, 1.54) is 11.1 Å². The molecular formula is C19H26N4O2. The molecule has 0 fully saturated rings. The van der Waals surface area contributed by atoms with Gasteiger partial charge in [-0.3, -0.25) is 0 Å². The first-order valence-corrected chi connectivity index (χ1v) is 8.82. The van der Waals surface area contributed by atoms with Crippen molar-refractivity contribution in [1.82, 2.24) is 9.97 Å². The highest BCUT2D eigenvalue weighted by molar-refractivity contribution is 5.51. The van der Waals surface area contributed by atoms with Crippen molar-refractivity contribution >= 4 is 11.6 Å². The highest BCUT2D eigenvalue weighted by Gasteiger charge is 2.19. The van der Waals surface area contributed by atoms with E-state index in [4.69, 9.17) is 5.11 Å². The van der Waals surface area contributed by atoms with Gasteiger partial charge in [-0.2, -0.15) is 0 Å². The van der Waals surface area contributed by atoms with Gasteiger partial charge >= 0.3 is 0 Å². The maximum absolute atomic E-state index is 9.76. The number of aromatic nitrogens is 2. The van der Waals surface area contributed by atoms with Crippen LogP contribution in [-0.2, 0) is 13.0 Å². The minimum atomic E-state index is -0.430. The Hall–Kier alpha value is -2.18. The quantitative estimate of drug-likeness (QED) is 0.698. The normalized spacial score (nSPS) is 15.0. The molecule has 1 aliphatic heterocycles. The zero-order chi connectivity index (χ0) is 17.8. The van der Waals surface area contributed by atoms with Gasteiger partial charge in [-0.25, -0.2) is 9.97 Å². The van der Waals surface area contributed by atoms with Crippen LogP contribution in [0.3, 0.4) is 0 Å². The van der Waals surface area contributed by atoms with Gasteiger partial charge in [0.05, 0.1) is 6.10 Å². The Morgan fingerprint density at radius 3 is 2.84 bits per heavy atom. The Morgan fingerprint density at radius 1 is 1.24 bits per heavy atom. The van der Waals surface area contributed by atoms with E-state index in [0.717, 1.165) is 42.5 Å². The average molecular weight is 342 g/mol. The molecule has 1 aliphatic rings. The second-order valence-electron chi connectivity index (χ2n) is 6.54. The Morgan fingerprint density at radius 2 is 2.08 bits per heavy atom. The van der Waals surface area contributed by atoms with E-state index in [1.54, 1.807) is 6.92 Å². The number of nitrogens with one attached hydrogen (secondary N) is 1. The second kappa shape index (κ2) is 7.80. The summed E-state index contributed by atoms with van der Waals surface area (Å²) in [6, 6.07) is 8.20. The van der Waals surface area contributed by atoms with Crippen molar-refractivity contribution in [3.05, 3.63) is 46.8 Å². The largest absolute Gasteiger partial charge is 0.396 e. The van der Waals surface area contributed by atoms with Gasteiger partial charge in [0.1, 0.15) is 17.5 Å². The lowest BCUT2D eigenvalue weighted by Gasteiger charge is -2.30. The molecule has 0 unspecified atom stereocenters. The van der Waals surface area contributed by atoms with Crippen LogP contribution in [0.4, 0.5) is 11.6 Å². The minimum Gasteiger partial charge on any atom is -0.396 e. The summed E-state index contributed by atoms with van der Waals surface area (Å²) in [6.45, 7) is 6.25. The zero-order valence-corrected chi connectivity index (χ0v) is 14.9. The van der Waals surface area contributed by atoms with E-state index in [1.807, 2.05) is 19.1 Å². The summed E-state index contributed by atoms with van der Waals surface area (Å²) >= 11 is 0. The molecule has 3 rings (SSSR count). The van der Waals surface area contributed by atoms with Crippen molar-refractivity contribution in [2.45, 2.75) is 39.3 Å². The Kier molecular flexibility index (Phi) is 5.50. The van der Waals surface area contributed by atoms with Crippen molar-refractivity contribution in [2.24, 2.45) is 0 Å². The van der Waals surface area contributed by atoms with E-state index >= 15 is 0 Å². The molecule has 1 aromatic carbocycles. The van der Waals surface area contributed by atoms with E-state index in [0.29, 0.717) is 13.0 Å². The molecule has 6 nitrogen and oxygen atoms in total. The number of aliphatic hydroxyl groups is 2. The molecule has 1 aromatic heterocycles. The third-order valence-corrected chi connectivity index (χ3v) is 4.51. The first-order valence-electron chi connectivity index (χ1n) is 8.82. The number of anilines is 2. The zero-order valence-electron chi connectivity index (χ0n) is 14.9. The summed E-state index contributed by atoms with van der Waals surface area (Å²) in [4.78, 5) is 11.3. The molecule has 0 aliphatic carbocycles. The number of rotatable bonds is 6. The average Bonchev–Trinajstić information content (AvgIpc) is 2.60. The fraction of sp³-hybridized carbons (Fsp3) is 0.474. The number of aliphatic hydroxyl groups excluding tert-OH is 2. The molecular weight excluding hydrogens is 316 g/mol. The van der Waals surface area contributed by atoms with Crippen molar-refractivity contribution in [3.8, 4) is 0 Å². The summed E-state index contributed by atoms with van der Waals surface area (Å²) in [6.07, 6.45) is 1.20. The molecule has 0 saturated carbocycles. The van der Waals surface area contributed by atoms with Crippen LogP contribution in [0.1, 0.15) is 42.0 Å². The molecule has 25 heavy (non-hydrogen) atoms. The lowest BCUT2D eigenvalue weighted by atomic mass is 9.96. The number of fused-ring (bicyclic) bond motifs is 1. The van der Waals surface area contributed by atoms with Crippen LogP contribution in [0.25, 0.3) is 0 Å². The van der Waals surface area contributed by atoms with Crippen molar-refractivity contribution in [1.29, 1.82) is 0 Å². The molecule has 6 heteroatoms. The highest BCUT2D eigenvalue weighted by Crippen LogP contribution is 2.27. The number of hydrogen-bond donors (Lipinski definition) is 3. The van der Waals surface area contributed by atoms with Crippen LogP contribution in [0.2, 0.25) is 0 Å². The molecule has 0 amide bonds. The lowest BCUT2D eigenvalue weighted by Crippen LogP contribution is -2.31. The molecule has 134 valence electrons. The van der Waals surface area contributed by atoms with E-state index in [2.05, 4.69) is 32.3 Å². The predicted octanol–water partition coefficient (Wildman–Crippen LogP) is 2.20. The van der Waals surface area contributed by atoms with Crippen molar-refractivity contribution in [2.75, 3.05) is 29.9 Å². The monoisotopic (exact) mass is 342 g/mol. The number of aryl methyl sites for hydroxylation is 1. The van der Waals surface area contributed by atoms with Gasteiger partial charge in [-0.05, 0) is 43.4 Å². The molecule has 3 N–H and O–H groups in total. The van der Waals surface area contributed by atoms with E-state index in [9.17, 15) is 5.11 Å². The maximum atomic E-state index is 9.76. The molecule has 0 spiro atoms. The molecule has 0 saturated heterocycles. The number of hydrogen-bond acceptors (Lipinski definition) is 6.